The van der Waals surface area contributed by atoms with Gasteiger partial charge in [0.2, 0.25) is 0 Å². The molecule has 1 aliphatic carbocycles. The predicted molar refractivity (Wildman–Crippen MR) is 68.0 cm³/mol. The standard InChI is InChI=1S/C13H20N2O3/c1-3-10(2)14-12(18)15-13(9-11(16)17)7-5-4-6-8-13/h1,10H,4-9H2,2H3,(H,16,17)(H2,14,15,18). The molecule has 0 bridgehead atoms. The Bertz CT molecular complexity index is 354. The number of carbonyl (C=O) groups excluding carboxylic acids is 1. The Hall–Kier alpha value is -1.70. The van der Waals surface area contributed by atoms with Crippen LogP contribution in [0, 0.1) is 12.3 Å². The summed E-state index contributed by atoms with van der Waals surface area (Å²) in [5, 5.41) is 14.4. The number of hydrogen-bond acceptors (Lipinski definition) is 2. The summed E-state index contributed by atoms with van der Waals surface area (Å²) in [5.74, 6) is 1.51. The first kappa shape index (κ1) is 14.4. The molecule has 1 unspecified atom stereocenters. The summed E-state index contributed by atoms with van der Waals surface area (Å²) >= 11 is 0. The third-order valence-electron chi connectivity index (χ3n) is 3.28. The first-order valence-electron chi connectivity index (χ1n) is 6.24. The van der Waals surface area contributed by atoms with Crippen molar-refractivity contribution in [2.75, 3.05) is 0 Å². The zero-order valence-electron chi connectivity index (χ0n) is 10.7. The molecule has 0 aliphatic heterocycles. The SMILES string of the molecule is C#CC(C)NC(=O)NC1(CC(=O)O)CCCCC1. The van der Waals surface area contributed by atoms with Gasteiger partial charge in [-0.3, -0.25) is 4.79 Å². The van der Waals surface area contributed by atoms with E-state index in [0.717, 1.165) is 19.3 Å². The molecule has 1 atom stereocenters. The van der Waals surface area contributed by atoms with Crippen molar-refractivity contribution in [2.45, 2.75) is 57.0 Å². The molecule has 0 aromatic rings. The van der Waals surface area contributed by atoms with Gasteiger partial charge in [0.1, 0.15) is 0 Å². The fourth-order valence-electron chi connectivity index (χ4n) is 2.38. The number of nitrogens with one attached hydrogen (secondary N) is 2. The van der Waals surface area contributed by atoms with Crippen molar-refractivity contribution in [2.24, 2.45) is 0 Å². The smallest absolute Gasteiger partial charge is 0.316 e. The fourth-order valence-corrected chi connectivity index (χ4v) is 2.38. The second kappa shape index (κ2) is 6.29. The van der Waals surface area contributed by atoms with E-state index in [4.69, 9.17) is 11.5 Å². The molecule has 100 valence electrons. The van der Waals surface area contributed by atoms with Gasteiger partial charge in [-0.1, -0.05) is 25.2 Å². The van der Waals surface area contributed by atoms with Crippen molar-refractivity contribution in [3.05, 3.63) is 0 Å². The molecule has 0 spiro atoms. The van der Waals surface area contributed by atoms with Crippen molar-refractivity contribution in [3.8, 4) is 12.3 Å². The lowest BCUT2D eigenvalue weighted by Crippen LogP contribution is -2.55. The lowest BCUT2D eigenvalue weighted by atomic mass is 9.79. The lowest BCUT2D eigenvalue weighted by molar-refractivity contribution is -0.139. The highest BCUT2D eigenvalue weighted by Crippen LogP contribution is 2.31. The zero-order valence-corrected chi connectivity index (χ0v) is 10.7. The largest absolute Gasteiger partial charge is 0.481 e. The Morgan fingerprint density at radius 3 is 2.50 bits per heavy atom. The number of terminal acetylenes is 1. The predicted octanol–water partition coefficient (Wildman–Crippen LogP) is 1.48. The second-order valence-corrected chi connectivity index (χ2v) is 4.90. The van der Waals surface area contributed by atoms with Crippen LogP contribution >= 0.6 is 0 Å². The van der Waals surface area contributed by atoms with Crippen molar-refractivity contribution >= 4 is 12.0 Å². The monoisotopic (exact) mass is 252 g/mol. The Labute approximate surface area is 107 Å². The number of rotatable bonds is 4. The van der Waals surface area contributed by atoms with Gasteiger partial charge < -0.3 is 15.7 Å². The Morgan fingerprint density at radius 1 is 1.39 bits per heavy atom. The third kappa shape index (κ3) is 4.28. The first-order chi connectivity index (χ1) is 8.47. The molecule has 3 N–H and O–H groups in total. The van der Waals surface area contributed by atoms with Crippen molar-refractivity contribution in [1.82, 2.24) is 10.6 Å². The van der Waals surface area contributed by atoms with Gasteiger partial charge in [-0.25, -0.2) is 4.79 Å². The van der Waals surface area contributed by atoms with Crippen LogP contribution in [-0.2, 0) is 4.79 Å². The summed E-state index contributed by atoms with van der Waals surface area (Å²) in [4.78, 5) is 22.7. The van der Waals surface area contributed by atoms with Gasteiger partial charge in [0.05, 0.1) is 18.0 Å². The zero-order chi connectivity index (χ0) is 13.6. The number of carbonyl (C=O) groups is 2. The van der Waals surface area contributed by atoms with Crippen LogP contribution in [0.1, 0.15) is 45.4 Å². The highest BCUT2D eigenvalue weighted by atomic mass is 16.4. The van der Waals surface area contributed by atoms with Gasteiger partial charge in [-0.2, -0.15) is 0 Å². The highest BCUT2D eigenvalue weighted by Gasteiger charge is 2.35. The van der Waals surface area contributed by atoms with E-state index in [1.54, 1.807) is 6.92 Å². The van der Waals surface area contributed by atoms with Crippen molar-refractivity contribution < 1.29 is 14.7 Å². The maximum Gasteiger partial charge on any atom is 0.316 e. The quantitative estimate of drug-likeness (QED) is 0.663. The number of urea groups is 1. The summed E-state index contributed by atoms with van der Waals surface area (Å²) in [6, 6.07) is -0.751. The van der Waals surface area contributed by atoms with Crippen molar-refractivity contribution in [1.29, 1.82) is 0 Å². The Balaban J connectivity index is 2.64. The number of aliphatic carboxylic acids is 1. The van der Waals surface area contributed by atoms with Crippen LogP contribution in [0.2, 0.25) is 0 Å². The van der Waals surface area contributed by atoms with Crippen LogP contribution in [-0.4, -0.2) is 28.7 Å². The van der Waals surface area contributed by atoms with Gasteiger partial charge >= 0.3 is 12.0 Å². The summed E-state index contributed by atoms with van der Waals surface area (Å²) in [5.41, 5.74) is -0.623. The number of carboxylic acid groups (broad SMARTS) is 1. The Kier molecular flexibility index (Phi) is 5.02. The molecular formula is C13H20N2O3. The number of carboxylic acids is 1. The van der Waals surface area contributed by atoms with Crippen LogP contribution in [0.3, 0.4) is 0 Å². The number of amides is 2. The molecule has 18 heavy (non-hydrogen) atoms. The average molecular weight is 252 g/mol. The lowest BCUT2D eigenvalue weighted by Gasteiger charge is -2.37. The third-order valence-corrected chi connectivity index (χ3v) is 3.28. The minimum Gasteiger partial charge on any atom is -0.481 e. The van der Waals surface area contributed by atoms with Gasteiger partial charge in [0.25, 0.3) is 0 Å². The molecule has 0 saturated heterocycles. The molecule has 5 heteroatoms. The summed E-state index contributed by atoms with van der Waals surface area (Å²) < 4.78 is 0. The minimum atomic E-state index is -0.887. The summed E-state index contributed by atoms with van der Waals surface area (Å²) in [6.07, 6.45) is 9.53. The van der Waals surface area contributed by atoms with Gasteiger partial charge in [-0.05, 0) is 19.8 Å². The van der Waals surface area contributed by atoms with Crippen LogP contribution in [0.4, 0.5) is 4.79 Å². The summed E-state index contributed by atoms with van der Waals surface area (Å²) in [6.45, 7) is 1.70. The molecular weight excluding hydrogens is 232 g/mol. The van der Waals surface area contributed by atoms with E-state index in [0.29, 0.717) is 12.8 Å². The van der Waals surface area contributed by atoms with Crippen LogP contribution in [0.5, 0.6) is 0 Å². The molecule has 0 aromatic heterocycles. The second-order valence-electron chi connectivity index (χ2n) is 4.90. The maximum atomic E-state index is 11.8. The minimum absolute atomic E-state index is 0.0369. The van der Waals surface area contributed by atoms with E-state index in [1.807, 2.05) is 0 Å². The molecule has 1 rings (SSSR count). The first-order valence-corrected chi connectivity index (χ1v) is 6.24. The van der Waals surface area contributed by atoms with Crippen LogP contribution < -0.4 is 10.6 Å². The number of hydrogen-bond donors (Lipinski definition) is 3. The van der Waals surface area contributed by atoms with Gasteiger partial charge in [0.15, 0.2) is 0 Å². The molecule has 2 amide bonds. The van der Waals surface area contributed by atoms with E-state index >= 15 is 0 Å². The molecule has 5 nitrogen and oxygen atoms in total. The van der Waals surface area contributed by atoms with Crippen LogP contribution in [0.25, 0.3) is 0 Å². The van der Waals surface area contributed by atoms with E-state index < -0.39 is 11.5 Å². The van der Waals surface area contributed by atoms with E-state index in [9.17, 15) is 9.59 Å². The molecule has 1 aliphatic rings. The molecule has 0 aromatic carbocycles. The van der Waals surface area contributed by atoms with Gasteiger partial charge in [0, 0.05) is 0 Å². The van der Waals surface area contributed by atoms with Crippen molar-refractivity contribution in [3.63, 3.8) is 0 Å². The molecule has 1 saturated carbocycles. The normalized spacial score (nSPS) is 19.3. The van der Waals surface area contributed by atoms with E-state index in [2.05, 4.69) is 16.6 Å². The fraction of sp³-hybridized carbons (Fsp3) is 0.692. The average Bonchev–Trinajstić information content (AvgIpc) is 2.28. The molecule has 1 fully saturated rings. The van der Waals surface area contributed by atoms with E-state index in [1.165, 1.54) is 0 Å². The maximum absolute atomic E-state index is 11.8. The highest BCUT2D eigenvalue weighted by molar-refractivity contribution is 5.77. The van der Waals surface area contributed by atoms with Crippen LogP contribution in [0.15, 0.2) is 0 Å². The summed E-state index contributed by atoms with van der Waals surface area (Å²) in [7, 11) is 0. The van der Waals surface area contributed by atoms with Gasteiger partial charge in [-0.15, -0.1) is 6.42 Å². The topological polar surface area (TPSA) is 78.4 Å². The van der Waals surface area contributed by atoms with E-state index in [-0.39, 0.29) is 18.5 Å². The molecule has 0 heterocycles. The Morgan fingerprint density at radius 2 is 2.00 bits per heavy atom. The molecule has 0 radical (unpaired) electrons.